The van der Waals surface area contributed by atoms with E-state index in [9.17, 15) is 19.2 Å². The molecule has 0 saturated carbocycles. The smallest absolute Gasteiger partial charge is 0.325 e. The molecule has 2 heterocycles. The summed E-state index contributed by atoms with van der Waals surface area (Å²) in [6.45, 7) is 3.54. The molecule has 0 bridgehead atoms. The zero-order valence-electron chi connectivity index (χ0n) is 15.5. The number of rotatable bonds is 6. The fourth-order valence-corrected chi connectivity index (χ4v) is 3.01. The molecule has 1 N–H and O–H groups in total. The topological polar surface area (TPSA) is 111 Å². The number of ether oxygens (including phenoxy) is 1. The van der Waals surface area contributed by atoms with Crippen molar-refractivity contribution in [2.24, 2.45) is 0 Å². The molecule has 1 unspecified atom stereocenters. The van der Waals surface area contributed by atoms with Crippen LogP contribution in [0.5, 0.6) is 0 Å². The summed E-state index contributed by atoms with van der Waals surface area (Å²) in [5.74, 6) is -1.54. The number of anilines is 1. The molecule has 0 saturated heterocycles. The molecular weight excluding hydrogens is 364 g/mol. The van der Waals surface area contributed by atoms with Gasteiger partial charge >= 0.3 is 5.97 Å². The van der Waals surface area contributed by atoms with Crippen molar-refractivity contribution in [1.29, 1.82) is 0 Å². The number of nitrogens with one attached hydrogen (secondary N) is 1. The van der Waals surface area contributed by atoms with Gasteiger partial charge in [0.1, 0.15) is 24.0 Å². The van der Waals surface area contributed by atoms with Gasteiger partial charge in [0.2, 0.25) is 5.91 Å². The Labute approximate surface area is 161 Å². The van der Waals surface area contributed by atoms with Gasteiger partial charge in [-0.15, -0.1) is 0 Å². The van der Waals surface area contributed by atoms with Crippen LogP contribution in [0.3, 0.4) is 0 Å². The highest BCUT2D eigenvalue weighted by Crippen LogP contribution is 2.26. The van der Waals surface area contributed by atoms with E-state index < -0.39 is 23.8 Å². The molecule has 28 heavy (non-hydrogen) atoms. The van der Waals surface area contributed by atoms with E-state index in [-0.39, 0.29) is 31.1 Å². The van der Waals surface area contributed by atoms with Crippen LogP contribution in [-0.4, -0.2) is 53.0 Å². The number of aldehydes is 1. The van der Waals surface area contributed by atoms with Gasteiger partial charge in [-0.05, 0) is 32.0 Å². The van der Waals surface area contributed by atoms with E-state index in [4.69, 9.17) is 4.74 Å². The molecule has 9 heteroatoms. The highest BCUT2D eigenvalue weighted by Gasteiger charge is 2.39. The molecule has 0 aliphatic carbocycles. The van der Waals surface area contributed by atoms with Crippen molar-refractivity contribution in [2.75, 3.05) is 18.1 Å². The van der Waals surface area contributed by atoms with E-state index in [0.29, 0.717) is 12.0 Å². The molecule has 2 aromatic rings. The minimum absolute atomic E-state index is 0.0530. The third kappa shape index (κ3) is 3.78. The van der Waals surface area contributed by atoms with Crippen molar-refractivity contribution < 1.29 is 23.9 Å². The van der Waals surface area contributed by atoms with E-state index in [1.54, 1.807) is 19.1 Å². The number of hydrogen-bond acceptors (Lipinski definition) is 6. The summed E-state index contributed by atoms with van der Waals surface area (Å²) in [5, 5.41) is 6.55. The lowest BCUT2D eigenvalue weighted by Gasteiger charge is -2.34. The fourth-order valence-electron chi connectivity index (χ4n) is 3.01. The molecule has 1 aromatic heterocycles. The number of benzene rings is 1. The number of nitrogens with zero attached hydrogens (tertiary/aromatic N) is 3. The normalized spacial score (nSPS) is 15.7. The number of amides is 2. The van der Waals surface area contributed by atoms with E-state index in [0.717, 1.165) is 5.56 Å². The largest absolute Gasteiger partial charge is 0.465 e. The standard InChI is InChI=1S/C19H20N4O5/c1-3-28-17(25)9-20-18(26)16-10-22-15(8-13(11-24)21-22)19(27)23(16)14-6-4-12(2)5-7-14/h4-8,11,16H,3,9-10H2,1-2H3,(H,20,26). The Hall–Kier alpha value is -3.49. The Kier molecular flexibility index (Phi) is 5.53. The Morgan fingerprint density at radius 1 is 1.32 bits per heavy atom. The Balaban J connectivity index is 1.93. The van der Waals surface area contributed by atoms with Crippen LogP contribution in [0.4, 0.5) is 5.69 Å². The van der Waals surface area contributed by atoms with Crippen LogP contribution in [-0.2, 0) is 20.9 Å². The third-order valence-electron chi connectivity index (χ3n) is 4.34. The highest BCUT2D eigenvalue weighted by atomic mass is 16.5. The number of aryl methyl sites for hydroxylation is 1. The molecule has 0 fully saturated rings. The van der Waals surface area contributed by atoms with Gasteiger partial charge in [-0.2, -0.15) is 5.10 Å². The van der Waals surface area contributed by atoms with E-state index >= 15 is 0 Å². The van der Waals surface area contributed by atoms with Gasteiger partial charge in [0, 0.05) is 5.69 Å². The highest BCUT2D eigenvalue weighted by molar-refractivity contribution is 6.10. The molecule has 1 aromatic carbocycles. The minimum atomic E-state index is -0.934. The first-order valence-electron chi connectivity index (χ1n) is 8.81. The van der Waals surface area contributed by atoms with Crippen LogP contribution < -0.4 is 10.2 Å². The average Bonchev–Trinajstić information content (AvgIpc) is 3.11. The van der Waals surface area contributed by atoms with Gasteiger partial charge < -0.3 is 10.1 Å². The van der Waals surface area contributed by atoms with Crippen molar-refractivity contribution in [3.05, 3.63) is 47.3 Å². The summed E-state index contributed by atoms with van der Waals surface area (Å²) >= 11 is 0. The summed E-state index contributed by atoms with van der Waals surface area (Å²) in [4.78, 5) is 49.8. The lowest BCUT2D eigenvalue weighted by molar-refractivity contribution is -0.143. The van der Waals surface area contributed by atoms with Crippen molar-refractivity contribution in [1.82, 2.24) is 15.1 Å². The lowest BCUT2D eigenvalue weighted by atomic mass is 10.1. The first-order valence-corrected chi connectivity index (χ1v) is 8.81. The molecule has 1 aliphatic heterocycles. The molecule has 9 nitrogen and oxygen atoms in total. The second kappa shape index (κ2) is 8.03. The number of aromatic nitrogens is 2. The van der Waals surface area contributed by atoms with E-state index in [2.05, 4.69) is 10.4 Å². The van der Waals surface area contributed by atoms with Gasteiger partial charge in [0.25, 0.3) is 5.91 Å². The number of fused-ring (bicyclic) bond motifs is 1. The second-order valence-electron chi connectivity index (χ2n) is 6.30. The maximum Gasteiger partial charge on any atom is 0.325 e. The van der Waals surface area contributed by atoms with Crippen LogP contribution >= 0.6 is 0 Å². The minimum Gasteiger partial charge on any atom is -0.465 e. The van der Waals surface area contributed by atoms with Crippen LogP contribution in [0, 0.1) is 6.92 Å². The van der Waals surface area contributed by atoms with Crippen molar-refractivity contribution >= 4 is 29.8 Å². The summed E-state index contributed by atoms with van der Waals surface area (Å²) in [5.41, 5.74) is 1.87. The first-order chi connectivity index (χ1) is 13.4. The SMILES string of the molecule is CCOC(=O)CNC(=O)C1Cn2nc(C=O)cc2C(=O)N1c1ccc(C)cc1. The molecule has 146 valence electrons. The molecule has 0 spiro atoms. The first kappa shape index (κ1) is 19.3. The molecule has 3 rings (SSSR count). The van der Waals surface area contributed by atoms with E-state index in [1.807, 2.05) is 19.1 Å². The van der Waals surface area contributed by atoms with E-state index in [1.165, 1.54) is 15.6 Å². The number of hydrogen-bond donors (Lipinski definition) is 1. The van der Waals surface area contributed by atoms with Crippen LogP contribution in [0.1, 0.15) is 33.5 Å². The Morgan fingerprint density at radius 3 is 2.68 bits per heavy atom. The number of esters is 1. The number of carbonyl (C=O) groups excluding carboxylic acids is 4. The van der Waals surface area contributed by atoms with Crippen molar-refractivity contribution in [2.45, 2.75) is 26.4 Å². The Bertz CT molecular complexity index is 919. The molecule has 1 atom stereocenters. The predicted molar refractivity (Wildman–Crippen MR) is 99.0 cm³/mol. The summed E-state index contributed by atoms with van der Waals surface area (Å²) in [6.07, 6.45) is 0.546. The third-order valence-corrected chi connectivity index (χ3v) is 4.34. The monoisotopic (exact) mass is 384 g/mol. The van der Waals surface area contributed by atoms with Gasteiger partial charge in [0.15, 0.2) is 6.29 Å². The zero-order chi connectivity index (χ0) is 20.3. The Morgan fingerprint density at radius 2 is 2.04 bits per heavy atom. The van der Waals surface area contributed by atoms with Gasteiger partial charge in [-0.3, -0.25) is 28.8 Å². The maximum atomic E-state index is 13.1. The second-order valence-corrected chi connectivity index (χ2v) is 6.30. The van der Waals surface area contributed by atoms with Crippen LogP contribution in [0.2, 0.25) is 0 Å². The summed E-state index contributed by atoms with van der Waals surface area (Å²) < 4.78 is 6.15. The van der Waals surface area contributed by atoms with Crippen molar-refractivity contribution in [3.8, 4) is 0 Å². The quantitative estimate of drug-likeness (QED) is 0.580. The fraction of sp³-hybridized carbons (Fsp3) is 0.316. The molecule has 2 amide bonds. The van der Waals surface area contributed by atoms with Crippen molar-refractivity contribution in [3.63, 3.8) is 0 Å². The molecular formula is C19H20N4O5. The maximum absolute atomic E-state index is 13.1. The van der Waals surface area contributed by atoms with Crippen LogP contribution in [0.15, 0.2) is 30.3 Å². The molecule has 0 radical (unpaired) electrons. The zero-order valence-corrected chi connectivity index (χ0v) is 15.5. The molecule has 1 aliphatic rings. The van der Waals surface area contributed by atoms with Gasteiger partial charge in [-0.1, -0.05) is 17.7 Å². The van der Waals surface area contributed by atoms with Gasteiger partial charge in [-0.25, -0.2) is 0 Å². The lowest BCUT2D eigenvalue weighted by Crippen LogP contribution is -2.56. The van der Waals surface area contributed by atoms with Gasteiger partial charge in [0.05, 0.1) is 13.2 Å². The average molecular weight is 384 g/mol. The number of carbonyl (C=O) groups is 4. The summed E-state index contributed by atoms with van der Waals surface area (Å²) in [6, 6.07) is 7.61. The van der Waals surface area contributed by atoms with Crippen LogP contribution in [0.25, 0.3) is 0 Å². The predicted octanol–water partition coefficient (Wildman–Crippen LogP) is 0.712. The summed E-state index contributed by atoms with van der Waals surface area (Å²) in [7, 11) is 0.